The maximum absolute atomic E-state index is 5.90. The van der Waals surface area contributed by atoms with Gasteiger partial charge in [0.25, 0.3) is 0 Å². The zero-order valence-electron chi connectivity index (χ0n) is 9.54. The van der Waals surface area contributed by atoms with E-state index in [0.29, 0.717) is 6.17 Å². The van der Waals surface area contributed by atoms with Crippen molar-refractivity contribution >= 4 is 11.6 Å². The van der Waals surface area contributed by atoms with Crippen LogP contribution in [0.1, 0.15) is 11.7 Å². The van der Waals surface area contributed by atoms with E-state index in [9.17, 15) is 0 Å². The van der Waals surface area contributed by atoms with Crippen molar-refractivity contribution in [3.63, 3.8) is 0 Å². The standard InChI is InChI=1S/C12H18ClN3/c1-14-12(16-8-6-15-7-9-16)10-2-4-11(13)5-3-10/h2-5,12,14-15H,6-9H2,1H3. The van der Waals surface area contributed by atoms with Crippen LogP contribution in [0.15, 0.2) is 24.3 Å². The molecule has 16 heavy (non-hydrogen) atoms. The molecule has 1 aliphatic rings. The van der Waals surface area contributed by atoms with Gasteiger partial charge in [0.2, 0.25) is 0 Å². The van der Waals surface area contributed by atoms with E-state index in [4.69, 9.17) is 11.6 Å². The lowest BCUT2D eigenvalue weighted by molar-refractivity contribution is 0.153. The Morgan fingerprint density at radius 2 is 1.88 bits per heavy atom. The summed E-state index contributed by atoms with van der Waals surface area (Å²) in [6.07, 6.45) is 0.291. The summed E-state index contributed by atoms with van der Waals surface area (Å²) in [7, 11) is 2.00. The van der Waals surface area contributed by atoms with Crippen LogP contribution in [0.4, 0.5) is 0 Å². The summed E-state index contributed by atoms with van der Waals surface area (Å²) in [5.41, 5.74) is 1.27. The van der Waals surface area contributed by atoms with Gasteiger partial charge in [0, 0.05) is 31.2 Å². The van der Waals surface area contributed by atoms with Gasteiger partial charge in [-0.25, -0.2) is 0 Å². The third-order valence-electron chi connectivity index (χ3n) is 2.98. The van der Waals surface area contributed by atoms with E-state index in [2.05, 4.69) is 27.7 Å². The van der Waals surface area contributed by atoms with Crippen molar-refractivity contribution < 1.29 is 0 Å². The number of nitrogens with one attached hydrogen (secondary N) is 2. The molecule has 0 aliphatic carbocycles. The molecule has 0 aromatic heterocycles. The number of nitrogens with zero attached hydrogens (tertiary/aromatic N) is 1. The molecule has 0 radical (unpaired) electrons. The minimum absolute atomic E-state index is 0.291. The summed E-state index contributed by atoms with van der Waals surface area (Å²) in [6.45, 7) is 4.28. The van der Waals surface area contributed by atoms with E-state index < -0.39 is 0 Å². The lowest BCUT2D eigenvalue weighted by Crippen LogP contribution is -2.48. The molecular formula is C12H18ClN3. The number of rotatable bonds is 3. The van der Waals surface area contributed by atoms with Crippen LogP contribution in [-0.2, 0) is 0 Å². The van der Waals surface area contributed by atoms with Crippen molar-refractivity contribution in [1.82, 2.24) is 15.5 Å². The molecule has 1 aromatic rings. The third-order valence-corrected chi connectivity index (χ3v) is 3.23. The van der Waals surface area contributed by atoms with Crippen LogP contribution in [0.25, 0.3) is 0 Å². The second-order valence-corrected chi connectivity index (χ2v) is 4.47. The van der Waals surface area contributed by atoms with Crippen molar-refractivity contribution in [3.05, 3.63) is 34.9 Å². The average Bonchev–Trinajstić information content (AvgIpc) is 2.34. The third kappa shape index (κ3) is 2.74. The summed E-state index contributed by atoms with van der Waals surface area (Å²) >= 11 is 5.90. The highest BCUT2D eigenvalue weighted by Gasteiger charge is 2.19. The monoisotopic (exact) mass is 239 g/mol. The molecule has 0 spiro atoms. The number of hydrogen-bond donors (Lipinski definition) is 2. The molecule has 2 rings (SSSR count). The van der Waals surface area contributed by atoms with E-state index in [1.54, 1.807) is 0 Å². The van der Waals surface area contributed by atoms with Crippen LogP contribution in [0, 0.1) is 0 Å². The molecule has 3 nitrogen and oxygen atoms in total. The fourth-order valence-electron chi connectivity index (χ4n) is 2.15. The first kappa shape index (κ1) is 11.9. The Kier molecular flexibility index (Phi) is 4.18. The summed E-state index contributed by atoms with van der Waals surface area (Å²) in [5, 5.41) is 7.52. The van der Waals surface area contributed by atoms with E-state index in [1.807, 2.05) is 19.2 Å². The van der Waals surface area contributed by atoms with Crippen LogP contribution in [0.5, 0.6) is 0 Å². The summed E-state index contributed by atoms with van der Waals surface area (Å²) < 4.78 is 0. The molecular weight excluding hydrogens is 222 g/mol. The Morgan fingerprint density at radius 3 is 2.44 bits per heavy atom. The molecule has 2 N–H and O–H groups in total. The summed E-state index contributed by atoms with van der Waals surface area (Å²) in [5.74, 6) is 0. The topological polar surface area (TPSA) is 27.3 Å². The average molecular weight is 240 g/mol. The smallest absolute Gasteiger partial charge is 0.0859 e. The Labute approximate surface area is 102 Å². The first-order valence-electron chi connectivity index (χ1n) is 5.69. The van der Waals surface area contributed by atoms with Crippen molar-refractivity contribution in [1.29, 1.82) is 0 Å². The Bertz CT molecular complexity index is 320. The Morgan fingerprint density at radius 1 is 1.25 bits per heavy atom. The molecule has 1 unspecified atom stereocenters. The van der Waals surface area contributed by atoms with Gasteiger partial charge >= 0.3 is 0 Å². The number of halogens is 1. The fourth-order valence-corrected chi connectivity index (χ4v) is 2.27. The van der Waals surface area contributed by atoms with Crippen LogP contribution in [-0.4, -0.2) is 38.1 Å². The van der Waals surface area contributed by atoms with Gasteiger partial charge in [-0.05, 0) is 24.7 Å². The number of benzene rings is 1. The second-order valence-electron chi connectivity index (χ2n) is 4.03. The summed E-state index contributed by atoms with van der Waals surface area (Å²) in [4.78, 5) is 2.44. The van der Waals surface area contributed by atoms with E-state index in [1.165, 1.54) is 5.56 Å². The van der Waals surface area contributed by atoms with Gasteiger partial charge in [0.05, 0.1) is 6.17 Å². The molecule has 1 saturated heterocycles. The van der Waals surface area contributed by atoms with Crippen LogP contribution in [0.2, 0.25) is 5.02 Å². The quantitative estimate of drug-likeness (QED) is 0.837. The lowest BCUT2D eigenvalue weighted by Gasteiger charge is -2.34. The maximum atomic E-state index is 5.90. The van der Waals surface area contributed by atoms with Crippen molar-refractivity contribution in [2.24, 2.45) is 0 Å². The Hall–Kier alpha value is -0.610. The minimum Gasteiger partial charge on any atom is -0.314 e. The molecule has 0 saturated carbocycles. The van der Waals surface area contributed by atoms with Gasteiger partial charge in [-0.15, -0.1) is 0 Å². The maximum Gasteiger partial charge on any atom is 0.0859 e. The highest BCUT2D eigenvalue weighted by atomic mass is 35.5. The van der Waals surface area contributed by atoms with Gasteiger partial charge in [-0.2, -0.15) is 0 Å². The molecule has 88 valence electrons. The number of hydrogen-bond acceptors (Lipinski definition) is 3. The lowest BCUT2D eigenvalue weighted by atomic mass is 10.1. The Balaban J connectivity index is 2.11. The van der Waals surface area contributed by atoms with Gasteiger partial charge in [-0.1, -0.05) is 23.7 Å². The zero-order chi connectivity index (χ0) is 11.4. The second kappa shape index (κ2) is 5.64. The summed E-state index contributed by atoms with van der Waals surface area (Å²) in [6, 6.07) is 8.07. The molecule has 1 heterocycles. The van der Waals surface area contributed by atoms with Gasteiger partial charge < -0.3 is 10.6 Å². The molecule has 1 aromatic carbocycles. The molecule has 4 heteroatoms. The van der Waals surface area contributed by atoms with Crippen molar-refractivity contribution in [3.8, 4) is 0 Å². The predicted molar refractivity (Wildman–Crippen MR) is 67.7 cm³/mol. The van der Waals surface area contributed by atoms with Crippen molar-refractivity contribution in [2.75, 3.05) is 33.2 Å². The molecule has 1 atom stereocenters. The first-order chi connectivity index (χ1) is 7.81. The van der Waals surface area contributed by atoms with E-state index in [-0.39, 0.29) is 0 Å². The molecule has 0 amide bonds. The first-order valence-corrected chi connectivity index (χ1v) is 6.06. The van der Waals surface area contributed by atoms with E-state index >= 15 is 0 Å². The van der Waals surface area contributed by atoms with Crippen molar-refractivity contribution in [2.45, 2.75) is 6.17 Å². The van der Waals surface area contributed by atoms with Gasteiger partial charge in [-0.3, -0.25) is 4.90 Å². The van der Waals surface area contributed by atoms with Gasteiger partial charge in [0.1, 0.15) is 0 Å². The van der Waals surface area contributed by atoms with Crippen LogP contribution in [0.3, 0.4) is 0 Å². The SMILES string of the molecule is CNC(c1ccc(Cl)cc1)N1CCNCC1. The molecule has 1 aliphatic heterocycles. The highest BCUT2D eigenvalue weighted by molar-refractivity contribution is 6.30. The normalized spacial score (nSPS) is 19.6. The van der Waals surface area contributed by atoms with Crippen LogP contribution < -0.4 is 10.6 Å². The fraction of sp³-hybridized carbons (Fsp3) is 0.500. The van der Waals surface area contributed by atoms with Gasteiger partial charge in [0.15, 0.2) is 0 Å². The highest BCUT2D eigenvalue weighted by Crippen LogP contribution is 2.19. The van der Waals surface area contributed by atoms with E-state index in [0.717, 1.165) is 31.2 Å². The zero-order valence-corrected chi connectivity index (χ0v) is 10.3. The molecule has 1 fully saturated rings. The number of piperazine rings is 1. The molecule has 0 bridgehead atoms. The largest absolute Gasteiger partial charge is 0.314 e. The minimum atomic E-state index is 0.291. The van der Waals surface area contributed by atoms with Crippen LogP contribution >= 0.6 is 11.6 Å². The predicted octanol–water partition coefficient (Wildman–Crippen LogP) is 1.46.